The van der Waals surface area contributed by atoms with E-state index in [9.17, 15) is 0 Å². The SMILES string of the molecule is CCCCCCCCCCCCCCCCc1cccc(CCCCCCCCCCCCCCCC)c1CC. The molecule has 0 bridgehead atoms. The highest BCUT2D eigenvalue weighted by atomic mass is 14.1. The summed E-state index contributed by atoms with van der Waals surface area (Å²) >= 11 is 0. The molecule has 1 aromatic carbocycles. The van der Waals surface area contributed by atoms with Crippen molar-refractivity contribution in [2.24, 2.45) is 0 Å². The third-order valence-corrected chi connectivity index (χ3v) is 9.32. The molecule has 0 spiro atoms. The van der Waals surface area contributed by atoms with Gasteiger partial charge in [-0.1, -0.05) is 206 Å². The van der Waals surface area contributed by atoms with Crippen LogP contribution in [0.2, 0.25) is 0 Å². The molecular weight excluding hydrogens is 480 g/mol. The largest absolute Gasteiger partial charge is 0.0654 e. The van der Waals surface area contributed by atoms with Crippen LogP contribution in [-0.4, -0.2) is 0 Å². The molecule has 0 amide bonds. The van der Waals surface area contributed by atoms with Crippen molar-refractivity contribution in [2.45, 2.75) is 220 Å². The summed E-state index contributed by atoms with van der Waals surface area (Å²) in [5.41, 5.74) is 5.00. The van der Waals surface area contributed by atoms with Crippen molar-refractivity contribution in [3.63, 3.8) is 0 Å². The molecule has 0 aliphatic heterocycles. The van der Waals surface area contributed by atoms with Crippen LogP contribution >= 0.6 is 0 Å². The average molecular weight is 555 g/mol. The summed E-state index contributed by atoms with van der Waals surface area (Å²) in [5, 5.41) is 0. The van der Waals surface area contributed by atoms with Gasteiger partial charge in [-0.05, 0) is 48.8 Å². The van der Waals surface area contributed by atoms with Gasteiger partial charge in [0, 0.05) is 0 Å². The normalized spacial score (nSPS) is 11.5. The molecule has 0 aliphatic rings. The Kier molecular flexibility index (Phi) is 27.7. The number of unbranched alkanes of at least 4 members (excludes halogenated alkanes) is 26. The van der Waals surface area contributed by atoms with Crippen LogP contribution in [-0.2, 0) is 19.3 Å². The maximum Gasteiger partial charge on any atom is -0.0276 e. The van der Waals surface area contributed by atoms with Crippen LogP contribution in [0, 0.1) is 0 Å². The highest BCUT2D eigenvalue weighted by molar-refractivity contribution is 5.35. The Labute approximate surface area is 254 Å². The van der Waals surface area contributed by atoms with Gasteiger partial charge >= 0.3 is 0 Å². The Hall–Kier alpha value is -0.780. The van der Waals surface area contributed by atoms with Crippen molar-refractivity contribution in [3.05, 3.63) is 34.9 Å². The van der Waals surface area contributed by atoms with E-state index in [-0.39, 0.29) is 0 Å². The molecular formula is C40H74. The molecule has 0 N–H and O–H groups in total. The van der Waals surface area contributed by atoms with Gasteiger partial charge in [-0.15, -0.1) is 0 Å². The van der Waals surface area contributed by atoms with E-state index in [4.69, 9.17) is 0 Å². The molecule has 40 heavy (non-hydrogen) atoms. The number of hydrogen-bond acceptors (Lipinski definition) is 0. The van der Waals surface area contributed by atoms with Gasteiger partial charge in [-0.3, -0.25) is 0 Å². The number of rotatable bonds is 31. The fourth-order valence-electron chi connectivity index (χ4n) is 6.63. The first-order valence-electron chi connectivity index (χ1n) is 18.9. The summed E-state index contributed by atoms with van der Waals surface area (Å²) < 4.78 is 0. The minimum Gasteiger partial charge on any atom is -0.0654 e. The highest BCUT2D eigenvalue weighted by Gasteiger charge is 2.07. The fraction of sp³-hybridized carbons (Fsp3) is 0.850. The minimum absolute atomic E-state index is 1.21. The summed E-state index contributed by atoms with van der Waals surface area (Å²) in [6, 6.07) is 7.20. The lowest BCUT2D eigenvalue weighted by Crippen LogP contribution is -2.00. The number of hydrogen-bond donors (Lipinski definition) is 0. The van der Waals surface area contributed by atoms with Gasteiger partial charge < -0.3 is 0 Å². The molecule has 1 rings (SSSR count). The smallest absolute Gasteiger partial charge is 0.0276 e. The fourth-order valence-corrected chi connectivity index (χ4v) is 6.63. The summed E-state index contributed by atoms with van der Waals surface area (Å²) in [6.45, 7) is 6.99. The van der Waals surface area contributed by atoms with Gasteiger partial charge in [0.1, 0.15) is 0 Å². The lowest BCUT2D eigenvalue weighted by atomic mass is 9.92. The molecule has 0 aromatic heterocycles. The van der Waals surface area contributed by atoms with Crippen LogP contribution in [0.1, 0.15) is 217 Å². The average Bonchev–Trinajstić information content (AvgIpc) is 2.97. The standard InChI is InChI=1S/C40H74/c1-4-7-9-11-13-15-17-19-21-23-25-27-29-31-34-38-36-33-37-39(40(38)6-3)35-32-30-28-26-24-22-20-18-16-14-12-10-8-5-2/h33,36-37H,4-32,34-35H2,1-3H3. The van der Waals surface area contributed by atoms with Gasteiger partial charge in [0.05, 0.1) is 0 Å². The second kappa shape index (κ2) is 29.7. The molecule has 1 aromatic rings. The zero-order chi connectivity index (χ0) is 28.8. The maximum atomic E-state index is 2.43. The Morgan fingerprint density at radius 2 is 0.575 bits per heavy atom. The predicted molar refractivity (Wildman–Crippen MR) is 184 cm³/mol. The van der Waals surface area contributed by atoms with Crippen molar-refractivity contribution in [2.75, 3.05) is 0 Å². The monoisotopic (exact) mass is 555 g/mol. The van der Waals surface area contributed by atoms with E-state index in [1.165, 1.54) is 199 Å². The topological polar surface area (TPSA) is 0 Å². The van der Waals surface area contributed by atoms with Crippen LogP contribution in [0.25, 0.3) is 0 Å². The van der Waals surface area contributed by atoms with Gasteiger partial charge in [-0.25, -0.2) is 0 Å². The van der Waals surface area contributed by atoms with Gasteiger partial charge in [0.25, 0.3) is 0 Å². The maximum absolute atomic E-state index is 2.43. The quantitative estimate of drug-likeness (QED) is 0.0800. The van der Waals surface area contributed by atoms with Gasteiger partial charge in [-0.2, -0.15) is 0 Å². The van der Waals surface area contributed by atoms with Crippen molar-refractivity contribution in [3.8, 4) is 0 Å². The third-order valence-electron chi connectivity index (χ3n) is 9.32. The van der Waals surface area contributed by atoms with Crippen LogP contribution in [0.15, 0.2) is 18.2 Å². The Morgan fingerprint density at radius 3 is 0.825 bits per heavy atom. The lowest BCUT2D eigenvalue weighted by molar-refractivity contribution is 0.535. The Bertz CT molecular complexity index is 579. The molecule has 0 radical (unpaired) electrons. The van der Waals surface area contributed by atoms with Crippen LogP contribution in [0.3, 0.4) is 0 Å². The van der Waals surface area contributed by atoms with Crippen molar-refractivity contribution < 1.29 is 0 Å². The molecule has 0 fully saturated rings. The molecule has 0 atom stereocenters. The first kappa shape index (κ1) is 37.2. The molecule has 0 heteroatoms. The van der Waals surface area contributed by atoms with E-state index in [0.717, 1.165) is 0 Å². The summed E-state index contributed by atoms with van der Waals surface area (Å²) in [5.74, 6) is 0. The molecule has 234 valence electrons. The molecule has 0 unspecified atom stereocenters. The predicted octanol–water partition coefficient (Wildman–Crippen LogP) is 14.3. The number of benzene rings is 1. The molecule has 0 heterocycles. The summed E-state index contributed by atoms with van der Waals surface area (Å²) in [7, 11) is 0. The van der Waals surface area contributed by atoms with Gasteiger partial charge in [0.2, 0.25) is 0 Å². The van der Waals surface area contributed by atoms with E-state index in [1.54, 1.807) is 16.7 Å². The first-order chi connectivity index (χ1) is 19.8. The molecule has 0 nitrogen and oxygen atoms in total. The Balaban J connectivity index is 2.02. The van der Waals surface area contributed by atoms with Crippen molar-refractivity contribution in [1.82, 2.24) is 0 Å². The second-order valence-corrected chi connectivity index (χ2v) is 13.1. The van der Waals surface area contributed by atoms with Crippen LogP contribution < -0.4 is 0 Å². The first-order valence-corrected chi connectivity index (χ1v) is 18.9. The zero-order valence-corrected chi connectivity index (χ0v) is 28.2. The second-order valence-electron chi connectivity index (χ2n) is 13.1. The van der Waals surface area contributed by atoms with E-state index in [2.05, 4.69) is 39.0 Å². The zero-order valence-electron chi connectivity index (χ0n) is 28.2. The molecule has 0 saturated heterocycles. The van der Waals surface area contributed by atoms with Crippen molar-refractivity contribution in [1.29, 1.82) is 0 Å². The van der Waals surface area contributed by atoms with E-state index >= 15 is 0 Å². The van der Waals surface area contributed by atoms with E-state index < -0.39 is 0 Å². The van der Waals surface area contributed by atoms with E-state index in [0.29, 0.717) is 0 Å². The Morgan fingerprint density at radius 1 is 0.325 bits per heavy atom. The summed E-state index contributed by atoms with van der Waals surface area (Å²) in [4.78, 5) is 0. The van der Waals surface area contributed by atoms with Crippen LogP contribution in [0.5, 0.6) is 0 Å². The van der Waals surface area contributed by atoms with Crippen LogP contribution in [0.4, 0.5) is 0 Å². The molecule has 0 aliphatic carbocycles. The summed E-state index contributed by atoms with van der Waals surface area (Å²) in [6.07, 6.45) is 44.3. The third kappa shape index (κ3) is 21.9. The van der Waals surface area contributed by atoms with Gasteiger partial charge in [0.15, 0.2) is 0 Å². The lowest BCUT2D eigenvalue weighted by Gasteiger charge is -2.14. The number of aryl methyl sites for hydroxylation is 2. The molecule has 0 saturated carbocycles. The van der Waals surface area contributed by atoms with E-state index in [1.807, 2.05) is 0 Å². The minimum atomic E-state index is 1.21. The highest BCUT2D eigenvalue weighted by Crippen LogP contribution is 2.22. The van der Waals surface area contributed by atoms with Crippen molar-refractivity contribution >= 4 is 0 Å².